The molecule has 1 aromatic rings. The number of unbranched alkanes of at least 4 members (excludes halogenated alkanes) is 1. The van der Waals surface area contributed by atoms with Crippen LogP contribution in [0.5, 0.6) is 0 Å². The molecule has 0 amide bonds. The van der Waals surface area contributed by atoms with Crippen LogP contribution >= 0.6 is 11.5 Å². The number of anilines is 1. The third kappa shape index (κ3) is 3.80. The van der Waals surface area contributed by atoms with Crippen LogP contribution in [0.25, 0.3) is 0 Å². The summed E-state index contributed by atoms with van der Waals surface area (Å²) in [5, 5.41) is 12.9. The highest BCUT2D eigenvalue weighted by Gasteiger charge is 2.08. The van der Waals surface area contributed by atoms with Crippen LogP contribution in [0.1, 0.15) is 31.0 Å². The van der Waals surface area contributed by atoms with Crippen molar-refractivity contribution < 1.29 is 4.74 Å². The van der Waals surface area contributed by atoms with E-state index in [1.165, 1.54) is 11.5 Å². The van der Waals surface area contributed by atoms with Crippen molar-refractivity contribution in [3.8, 4) is 6.07 Å². The molecule has 0 bridgehead atoms. The van der Waals surface area contributed by atoms with Crippen LogP contribution in [0.2, 0.25) is 0 Å². The Balaban J connectivity index is 2.25. The third-order valence-corrected chi connectivity index (χ3v) is 3.04. The molecule has 1 heterocycles. The van der Waals surface area contributed by atoms with Crippen LogP contribution in [-0.4, -0.2) is 24.1 Å². The first-order chi connectivity index (χ1) is 7.79. The Hall–Kier alpha value is -1.12. The van der Waals surface area contributed by atoms with Gasteiger partial charge in [0, 0.05) is 13.2 Å². The molecule has 0 aliphatic rings. The first kappa shape index (κ1) is 12.9. The molecule has 4 nitrogen and oxygen atoms in total. The molecule has 1 rings (SSSR count). The SMILES string of the molecule is CCCCOCCNc1snc(C)c1C#N. The first-order valence-electron chi connectivity index (χ1n) is 5.47. The van der Waals surface area contributed by atoms with Gasteiger partial charge in [-0.2, -0.15) is 9.64 Å². The lowest BCUT2D eigenvalue weighted by atomic mass is 10.3. The summed E-state index contributed by atoms with van der Waals surface area (Å²) in [6, 6.07) is 2.15. The molecular weight excluding hydrogens is 222 g/mol. The van der Waals surface area contributed by atoms with Crippen LogP contribution in [-0.2, 0) is 4.74 Å². The lowest BCUT2D eigenvalue weighted by molar-refractivity contribution is 0.141. The normalized spacial score (nSPS) is 10.1. The average Bonchev–Trinajstić information content (AvgIpc) is 2.64. The number of aromatic nitrogens is 1. The van der Waals surface area contributed by atoms with E-state index < -0.39 is 0 Å². The summed E-state index contributed by atoms with van der Waals surface area (Å²) in [6.45, 7) is 6.19. The van der Waals surface area contributed by atoms with E-state index in [0.29, 0.717) is 12.2 Å². The van der Waals surface area contributed by atoms with Crippen molar-refractivity contribution in [1.29, 1.82) is 5.26 Å². The lowest BCUT2D eigenvalue weighted by Gasteiger charge is -2.04. The Labute approximate surface area is 100 Å². The van der Waals surface area contributed by atoms with Crippen molar-refractivity contribution in [2.24, 2.45) is 0 Å². The minimum Gasteiger partial charge on any atom is -0.380 e. The minimum absolute atomic E-state index is 0.651. The highest BCUT2D eigenvalue weighted by Crippen LogP contribution is 2.22. The van der Waals surface area contributed by atoms with Crippen LogP contribution in [0.4, 0.5) is 5.00 Å². The maximum atomic E-state index is 8.91. The quantitative estimate of drug-likeness (QED) is 0.743. The zero-order valence-electron chi connectivity index (χ0n) is 9.75. The van der Waals surface area contributed by atoms with Gasteiger partial charge in [-0.15, -0.1) is 0 Å². The average molecular weight is 239 g/mol. The van der Waals surface area contributed by atoms with Gasteiger partial charge in [-0.25, -0.2) is 0 Å². The van der Waals surface area contributed by atoms with E-state index in [1.807, 2.05) is 6.92 Å². The topological polar surface area (TPSA) is 57.9 Å². The predicted octanol–water partition coefficient (Wildman–Crippen LogP) is 2.55. The van der Waals surface area contributed by atoms with E-state index in [2.05, 4.69) is 22.7 Å². The van der Waals surface area contributed by atoms with Crippen molar-refractivity contribution >= 4 is 16.5 Å². The van der Waals surface area contributed by atoms with Crippen molar-refractivity contribution in [3.05, 3.63) is 11.3 Å². The molecule has 0 aliphatic carbocycles. The van der Waals surface area contributed by atoms with Gasteiger partial charge in [0.05, 0.1) is 12.3 Å². The fourth-order valence-corrected chi connectivity index (χ4v) is 1.98. The maximum Gasteiger partial charge on any atom is 0.127 e. The molecule has 0 saturated carbocycles. The molecule has 0 aliphatic heterocycles. The number of nitriles is 1. The van der Waals surface area contributed by atoms with Crippen molar-refractivity contribution in [2.75, 3.05) is 25.1 Å². The molecule has 16 heavy (non-hydrogen) atoms. The van der Waals surface area contributed by atoms with Gasteiger partial charge in [-0.05, 0) is 24.9 Å². The second-order valence-electron chi connectivity index (χ2n) is 3.48. The molecule has 0 radical (unpaired) electrons. The molecule has 0 aromatic carbocycles. The molecule has 0 spiro atoms. The van der Waals surface area contributed by atoms with Gasteiger partial charge in [-0.1, -0.05) is 13.3 Å². The smallest absolute Gasteiger partial charge is 0.127 e. The van der Waals surface area contributed by atoms with Crippen LogP contribution in [0, 0.1) is 18.3 Å². The molecule has 0 fully saturated rings. The number of ether oxygens (including phenoxy) is 1. The number of nitrogens with zero attached hydrogens (tertiary/aromatic N) is 2. The molecule has 0 atom stereocenters. The highest BCUT2D eigenvalue weighted by atomic mass is 32.1. The standard InChI is InChI=1S/C11H17N3OS/c1-3-4-6-15-7-5-13-11-10(8-12)9(2)14-16-11/h13H,3-7H2,1-2H3. The highest BCUT2D eigenvalue weighted by molar-refractivity contribution is 7.10. The summed E-state index contributed by atoms with van der Waals surface area (Å²) in [6.07, 6.45) is 2.25. The number of hydrogen-bond donors (Lipinski definition) is 1. The van der Waals surface area contributed by atoms with E-state index in [-0.39, 0.29) is 0 Å². The van der Waals surface area contributed by atoms with Crippen LogP contribution < -0.4 is 5.32 Å². The first-order valence-corrected chi connectivity index (χ1v) is 6.25. The number of hydrogen-bond acceptors (Lipinski definition) is 5. The monoisotopic (exact) mass is 239 g/mol. The molecule has 88 valence electrons. The largest absolute Gasteiger partial charge is 0.380 e. The van der Waals surface area contributed by atoms with E-state index in [9.17, 15) is 0 Å². The van der Waals surface area contributed by atoms with Gasteiger partial charge in [0.1, 0.15) is 16.6 Å². The summed E-state index contributed by atoms with van der Waals surface area (Å²) >= 11 is 1.33. The van der Waals surface area contributed by atoms with Gasteiger partial charge < -0.3 is 10.1 Å². The Morgan fingerprint density at radius 3 is 3.00 bits per heavy atom. The van der Waals surface area contributed by atoms with E-state index in [4.69, 9.17) is 10.00 Å². The second kappa shape index (κ2) is 7.20. The molecule has 5 heteroatoms. The van der Waals surface area contributed by atoms with E-state index >= 15 is 0 Å². The summed E-state index contributed by atoms with van der Waals surface area (Å²) in [7, 11) is 0. The molecule has 0 saturated heterocycles. The second-order valence-corrected chi connectivity index (χ2v) is 4.25. The van der Waals surface area contributed by atoms with Gasteiger partial charge in [0.2, 0.25) is 0 Å². The minimum atomic E-state index is 0.651. The Morgan fingerprint density at radius 1 is 1.50 bits per heavy atom. The van der Waals surface area contributed by atoms with Gasteiger partial charge in [0.15, 0.2) is 0 Å². The molecule has 1 aromatic heterocycles. The number of nitrogens with one attached hydrogen (secondary N) is 1. The Kier molecular flexibility index (Phi) is 5.83. The van der Waals surface area contributed by atoms with Gasteiger partial charge >= 0.3 is 0 Å². The van der Waals surface area contributed by atoms with E-state index in [1.54, 1.807) is 0 Å². The fourth-order valence-electron chi connectivity index (χ4n) is 1.21. The maximum absolute atomic E-state index is 8.91. The number of aryl methyl sites for hydroxylation is 1. The fraction of sp³-hybridized carbons (Fsp3) is 0.636. The van der Waals surface area contributed by atoms with Gasteiger partial charge in [0.25, 0.3) is 0 Å². The number of rotatable bonds is 7. The lowest BCUT2D eigenvalue weighted by Crippen LogP contribution is -2.09. The molecular formula is C11H17N3OS. The van der Waals surface area contributed by atoms with Crippen molar-refractivity contribution in [3.63, 3.8) is 0 Å². The zero-order chi connectivity index (χ0) is 11.8. The Morgan fingerprint density at radius 2 is 2.31 bits per heavy atom. The summed E-state index contributed by atoms with van der Waals surface area (Å²) in [4.78, 5) is 0. The Bertz CT molecular complexity index is 357. The zero-order valence-corrected chi connectivity index (χ0v) is 10.6. The predicted molar refractivity (Wildman–Crippen MR) is 65.8 cm³/mol. The summed E-state index contributed by atoms with van der Waals surface area (Å²) in [5.41, 5.74) is 1.44. The van der Waals surface area contributed by atoms with Crippen LogP contribution in [0.15, 0.2) is 0 Å². The van der Waals surface area contributed by atoms with Crippen LogP contribution in [0.3, 0.4) is 0 Å². The molecule has 1 N–H and O–H groups in total. The third-order valence-electron chi connectivity index (χ3n) is 2.15. The van der Waals surface area contributed by atoms with Crippen molar-refractivity contribution in [2.45, 2.75) is 26.7 Å². The molecule has 0 unspecified atom stereocenters. The summed E-state index contributed by atoms with van der Waals surface area (Å²) in [5.74, 6) is 0. The van der Waals surface area contributed by atoms with Gasteiger partial charge in [-0.3, -0.25) is 0 Å². The summed E-state index contributed by atoms with van der Waals surface area (Å²) < 4.78 is 9.55. The van der Waals surface area contributed by atoms with Crippen molar-refractivity contribution in [1.82, 2.24) is 4.37 Å². The van der Waals surface area contributed by atoms with E-state index in [0.717, 1.165) is 36.7 Å².